The SMILES string of the molecule is Cl.O=S(=O)(c1cccc2ccccc12)c1[nH]nc2c(NCC3CCNCC3)cccc12. The zero-order valence-corrected chi connectivity index (χ0v) is 18.6. The van der Waals surface area contributed by atoms with E-state index >= 15 is 0 Å². The number of rotatable bonds is 5. The Labute approximate surface area is 187 Å². The summed E-state index contributed by atoms with van der Waals surface area (Å²) >= 11 is 0. The molecular formula is C23H25ClN4O2S. The Hall–Kier alpha value is -2.61. The molecule has 2 heterocycles. The number of H-pyrrole nitrogens is 1. The van der Waals surface area contributed by atoms with E-state index in [1.807, 2.05) is 48.5 Å². The average molecular weight is 457 g/mol. The van der Waals surface area contributed by atoms with Gasteiger partial charge >= 0.3 is 0 Å². The van der Waals surface area contributed by atoms with Crippen molar-refractivity contribution in [2.75, 3.05) is 25.0 Å². The number of para-hydroxylation sites is 1. The summed E-state index contributed by atoms with van der Waals surface area (Å²) in [7, 11) is -3.76. The molecule has 1 aromatic heterocycles. The van der Waals surface area contributed by atoms with Crippen molar-refractivity contribution in [3.05, 3.63) is 60.7 Å². The number of piperidine rings is 1. The molecule has 3 N–H and O–H groups in total. The third kappa shape index (κ3) is 4.01. The number of nitrogens with one attached hydrogen (secondary N) is 3. The largest absolute Gasteiger partial charge is 0.383 e. The lowest BCUT2D eigenvalue weighted by atomic mass is 9.98. The van der Waals surface area contributed by atoms with Crippen LogP contribution in [0.1, 0.15) is 12.8 Å². The molecule has 6 nitrogen and oxygen atoms in total. The molecule has 1 fully saturated rings. The molecule has 1 aliphatic rings. The smallest absolute Gasteiger partial charge is 0.224 e. The first-order valence-corrected chi connectivity index (χ1v) is 11.8. The maximum atomic E-state index is 13.5. The van der Waals surface area contributed by atoms with Gasteiger partial charge in [-0.2, -0.15) is 5.10 Å². The van der Waals surface area contributed by atoms with E-state index < -0.39 is 9.84 Å². The van der Waals surface area contributed by atoms with Crippen LogP contribution in [0.5, 0.6) is 0 Å². The third-order valence-corrected chi connectivity index (χ3v) is 7.68. The molecule has 31 heavy (non-hydrogen) atoms. The Morgan fingerprint density at radius 2 is 1.65 bits per heavy atom. The van der Waals surface area contributed by atoms with Crippen molar-refractivity contribution in [2.45, 2.75) is 22.8 Å². The quantitative estimate of drug-likeness (QED) is 0.414. The summed E-state index contributed by atoms with van der Waals surface area (Å²) in [5, 5.41) is 16.4. The highest BCUT2D eigenvalue weighted by molar-refractivity contribution is 7.91. The van der Waals surface area contributed by atoms with E-state index in [4.69, 9.17) is 0 Å². The highest BCUT2D eigenvalue weighted by Crippen LogP contribution is 2.33. The lowest BCUT2D eigenvalue weighted by Gasteiger charge is -2.23. The zero-order valence-electron chi connectivity index (χ0n) is 17.0. The molecule has 0 bridgehead atoms. The van der Waals surface area contributed by atoms with Crippen LogP contribution in [0.15, 0.2) is 70.6 Å². The highest BCUT2D eigenvalue weighted by Gasteiger charge is 2.25. The Balaban J connectivity index is 0.00000231. The number of aromatic amines is 1. The number of hydrogen-bond donors (Lipinski definition) is 3. The van der Waals surface area contributed by atoms with Crippen LogP contribution in [0.2, 0.25) is 0 Å². The summed E-state index contributed by atoms with van der Waals surface area (Å²) in [6, 6.07) is 18.5. The first kappa shape index (κ1) is 21.6. The highest BCUT2D eigenvalue weighted by atomic mass is 35.5. The second-order valence-electron chi connectivity index (χ2n) is 7.81. The van der Waals surface area contributed by atoms with Gasteiger partial charge < -0.3 is 10.6 Å². The van der Waals surface area contributed by atoms with Crippen molar-refractivity contribution in [3.63, 3.8) is 0 Å². The molecule has 1 aliphatic heterocycles. The number of benzene rings is 3. The van der Waals surface area contributed by atoms with Gasteiger partial charge in [-0.05, 0) is 55.4 Å². The van der Waals surface area contributed by atoms with Crippen LogP contribution < -0.4 is 10.6 Å². The van der Waals surface area contributed by atoms with Crippen molar-refractivity contribution in [3.8, 4) is 0 Å². The van der Waals surface area contributed by atoms with Crippen molar-refractivity contribution in [1.29, 1.82) is 0 Å². The summed E-state index contributed by atoms with van der Waals surface area (Å²) < 4.78 is 27.1. The Bertz CT molecular complexity index is 1310. The van der Waals surface area contributed by atoms with Crippen LogP contribution in [-0.4, -0.2) is 38.2 Å². The fourth-order valence-corrected chi connectivity index (χ4v) is 5.81. The number of anilines is 1. The Kier molecular flexibility index (Phi) is 6.18. The zero-order chi connectivity index (χ0) is 20.6. The number of hydrogen-bond acceptors (Lipinski definition) is 5. The molecule has 8 heteroatoms. The van der Waals surface area contributed by atoms with Crippen LogP contribution in [0.25, 0.3) is 21.7 Å². The minimum atomic E-state index is -3.76. The van der Waals surface area contributed by atoms with Gasteiger partial charge in [-0.15, -0.1) is 12.4 Å². The molecule has 0 atom stereocenters. The number of sulfone groups is 1. The number of fused-ring (bicyclic) bond motifs is 2. The fraction of sp³-hybridized carbons (Fsp3) is 0.261. The van der Waals surface area contributed by atoms with Crippen molar-refractivity contribution < 1.29 is 8.42 Å². The molecule has 0 unspecified atom stereocenters. The second-order valence-corrected chi connectivity index (χ2v) is 9.66. The number of nitrogens with zero attached hydrogens (tertiary/aromatic N) is 1. The molecule has 3 aromatic carbocycles. The van der Waals surface area contributed by atoms with Crippen LogP contribution in [0.3, 0.4) is 0 Å². The van der Waals surface area contributed by atoms with Gasteiger partial charge in [0.15, 0.2) is 5.03 Å². The molecule has 0 spiro atoms. The average Bonchev–Trinajstić information content (AvgIpc) is 3.24. The molecule has 0 radical (unpaired) electrons. The van der Waals surface area contributed by atoms with Crippen molar-refractivity contribution in [2.24, 2.45) is 5.92 Å². The molecule has 162 valence electrons. The topological polar surface area (TPSA) is 86.9 Å². The molecular weight excluding hydrogens is 432 g/mol. The first-order chi connectivity index (χ1) is 14.6. The lowest BCUT2D eigenvalue weighted by Crippen LogP contribution is -2.31. The summed E-state index contributed by atoms with van der Waals surface area (Å²) in [6.07, 6.45) is 2.29. The molecule has 0 amide bonds. The van der Waals surface area contributed by atoms with Crippen molar-refractivity contribution >= 4 is 49.6 Å². The van der Waals surface area contributed by atoms with Gasteiger partial charge in [-0.25, -0.2) is 8.42 Å². The standard InChI is InChI=1S/C23H24N4O2S.ClH/c28-30(29,21-10-3-6-17-5-1-2-7-18(17)21)23-19-8-4-9-20(22(19)26-27-23)25-15-16-11-13-24-14-12-16;/h1-10,16,24-25H,11-15H2,(H,26,27);1H. The number of halogens is 1. The monoisotopic (exact) mass is 456 g/mol. The van der Waals surface area contributed by atoms with Gasteiger partial charge in [-0.1, -0.05) is 42.5 Å². The third-order valence-electron chi connectivity index (χ3n) is 5.90. The van der Waals surface area contributed by atoms with Gasteiger partial charge in [0.05, 0.1) is 10.6 Å². The Morgan fingerprint density at radius 3 is 2.48 bits per heavy atom. The van der Waals surface area contributed by atoms with E-state index in [2.05, 4.69) is 20.8 Å². The van der Waals surface area contributed by atoms with Gasteiger partial charge in [0.2, 0.25) is 9.84 Å². The predicted molar refractivity (Wildman–Crippen MR) is 127 cm³/mol. The fourth-order valence-electron chi connectivity index (χ4n) is 4.24. The second kappa shape index (κ2) is 8.86. The van der Waals surface area contributed by atoms with Crippen LogP contribution in [0.4, 0.5) is 5.69 Å². The van der Waals surface area contributed by atoms with E-state index in [0.717, 1.165) is 43.5 Å². The minimum Gasteiger partial charge on any atom is -0.383 e. The summed E-state index contributed by atoms with van der Waals surface area (Å²) in [5.41, 5.74) is 1.52. The van der Waals surface area contributed by atoms with Gasteiger partial charge in [0.25, 0.3) is 0 Å². The number of aromatic nitrogens is 2. The normalized spacial score (nSPS) is 15.1. The van der Waals surface area contributed by atoms with E-state index in [9.17, 15) is 8.42 Å². The van der Waals surface area contributed by atoms with E-state index in [1.54, 1.807) is 12.1 Å². The maximum absolute atomic E-state index is 13.5. The molecule has 5 rings (SSSR count). The van der Waals surface area contributed by atoms with Gasteiger partial charge in [-0.3, -0.25) is 5.10 Å². The van der Waals surface area contributed by atoms with Gasteiger partial charge in [0, 0.05) is 17.3 Å². The van der Waals surface area contributed by atoms with Crippen LogP contribution in [0, 0.1) is 5.92 Å². The van der Waals surface area contributed by atoms with Crippen LogP contribution in [-0.2, 0) is 9.84 Å². The summed E-state index contributed by atoms with van der Waals surface area (Å²) in [5.74, 6) is 0.610. The minimum absolute atomic E-state index is 0. The van der Waals surface area contributed by atoms with E-state index in [0.29, 0.717) is 27.1 Å². The molecule has 0 aliphatic carbocycles. The summed E-state index contributed by atoms with van der Waals surface area (Å²) in [4.78, 5) is 0.291. The van der Waals surface area contributed by atoms with Crippen molar-refractivity contribution in [1.82, 2.24) is 15.5 Å². The van der Waals surface area contributed by atoms with E-state index in [1.165, 1.54) is 0 Å². The molecule has 4 aromatic rings. The predicted octanol–water partition coefficient (Wildman–Crippen LogP) is 4.38. The molecule has 0 saturated carbocycles. The van der Waals surface area contributed by atoms with Gasteiger partial charge in [0.1, 0.15) is 5.52 Å². The van der Waals surface area contributed by atoms with Crippen LogP contribution >= 0.6 is 12.4 Å². The lowest BCUT2D eigenvalue weighted by molar-refractivity contribution is 0.390. The molecule has 1 saturated heterocycles. The maximum Gasteiger partial charge on any atom is 0.224 e. The first-order valence-electron chi connectivity index (χ1n) is 10.3. The van der Waals surface area contributed by atoms with E-state index in [-0.39, 0.29) is 17.4 Å². The summed E-state index contributed by atoms with van der Waals surface area (Å²) in [6.45, 7) is 2.96. The Morgan fingerprint density at radius 1 is 0.935 bits per heavy atom.